The van der Waals surface area contributed by atoms with Crippen LogP contribution in [0.2, 0.25) is 10.0 Å². The lowest BCUT2D eigenvalue weighted by molar-refractivity contribution is -0.141. The van der Waals surface area contributed by atoms with E-state index in [0.29, 0.717) is 28.3 Å². The molecule has 1 fully saturated rings. The molecule has 0 bridgehead atoms. The number of nitrogens with zero attached hydrogens (tertiary/aromatic N) is 2. The Morgan fingerprint density at radius 1 is 1.21 bits per heavy atom. The first kappa shape index (κ1) is 17.6. The molecule has 1 saturated carbocycles. The molecule has 130 valence electrons. The predicted octanol–water partition coefficient (Wildman–Crippen LogP) is 4.79. The van der Waals surface area contributed by atoms with E-state index in [0.717, 1.165) is 23.0 Å². The molecule has 1 N–H and O–H groups in total. The highest BCUT2D eigenvalue weighted by Crippen LogP contribution is 2.39. The Morgan fingerprint density at radius 3 is 2.62 bits per heavy atom. The van der Waals surface area contributed by atoms with Crippen molar-refractivity contribution in [3.8, 4) is 0 Å². The van der Waals surface area contributed by atoms with Crippen molar-refractivity contribution in [3.05, 3.63) is 52.0 Å². The fraction of sp³-hybridized carbons (Fsp3) is 0.438. The van der Waals surface area contributed by atoms with Crippen LogP contribution in [-0.2, 0) is 13.1 Å². The van der Waals surface area contributed by atoms with Crippen LogP contribution in [0, 0.1) is 0 Å². The third-order valence-corrected chi connectivity index (χ3v) is 4.99. The van der Waals surface area contributed by atoms with Gasteiger partial charge in [-0.05, 0) is 36.5 Å². The van der Waals surface area contributed by atoms with Crippen molar-refractivity contribution in [2.24, 2.45) is 0 Å². The standard InChI is InChI=1S/C16H16Cl2F3N3/c17-13-2-1-10(7-14(13)18)11-5-12(6-11)23-8-15-22-3-4-24(15)9-16(19,20)21/h1-4,7,11-12,23H,5-6,8-9H2. The summed E-state index contributed by atoms with van der Waals surface area (Å²) in [6, 6.07) is 5.89. The SMILES string of the molecule is FC(F)(F)Cn1ccnc1CNC1CC(c2ccc(Cl)c(Cl)c2)C1. The first-order valence-electron chi connectivity index (χ1n) is 7.57. The first-order valence-corrected chi connectivity index (χ1v) is 8.32. The second-order valence-electron chi connectivity index (χ2n) is 6.01. The zero-order chi connectivity index (χ0) is 17.3. The minimum Gasteiger partial charge on any atom is -0.325 e. The summed E-state index contributed by atoms with van der Waals surface area (Å²) in [4.78, 5) is 4.00. The van der Waals surface area contributed by atoms with E-state index >= 15 is 0 Å². The number of alkyl halides is 3. The quantitative estimate of drug-likeness (QED) is 0.811. The number of aromatic nitrogens is 2. The van der Waals surface area contributed by atoms with Gasteiger partial charge in [0.15, 0.2) is 0 Å². The summed E-state index contributed by atoms with van der Waals surface area (Å²) in [5, 5.41) is 4.34. The van der Waals surface area contributed by atoms with Crippen LogP contribution in [0.25, 0.3) is 0 Å². The Bertz CT molecular complexity index is 709. The monoisotopic (exact) mass is 377 g/mol. The van der Waals surface area contributed by atoms with E-state index in [4.69, 9.17) is 23.2 Å². The van der Waals surface area contributed by atoms with Gasteiger partial charge in [-0.3, -0.25) is 0 Å². The molecule has 2 aromatic rings. The highest BCUT2D eigenvalue weighted by molar-refractivity contribution is 6.42. The lowest BCUT2D eigenvalue weighted by Gasteiger charge is -2.36. The summed E-state index contributed by atoms with van der Waals surface area (Å²) in [7, 11) is 0. The third-order valence-electron chi connectivity index (χ3n) is 4.25. The molecule has 0 spiro atoms. The zero-order valence-corrected chi connectivity index (χ0v) is 14.2. The van der Waals surface area contributed by atoms with Crippen LogP contribution in [0.1, 0.15) is 30.1 Å². The maximum absolute atomic E-state index is 12.5. The lowest BCUT2D eigenvalue weighted by atomic mass is 9.76. The van der Waals surface area contributed by atoms with E-state index in [1.54, 1.807) is 6.07 Å². The predicted molar refractivity (Wildman–Crippen MR) is 87.3 cm³/mol. The van der Waals surface area contributed by atoms with Gasteiger partial charge in [-0.1, -0.05) is 29.3 Å². The third kappa shape index (κ3) is 4.23. The van der Waals surface area contributed by atoms with Crippen molar-refractivity contribution in [3.63, 3.8) is 0 Å². The lowest BCUT2D eigenvalue weighted by Crippen LogP contribution is -2.40. The summed E-state index contributed by atoms with van der Waals surface area (Å²) in [6.07, 6.45) is 0.326. The number of hydrogen-bond acceptors (Lipinski definition) is 2. The normalized spacial score (nSPS) is 20.9. The van der Waals surface area contributed by atoms with Gasteiger partial charge in [0, 0.05) is 18.4 Å². The molecule has 0 unspecified atom stereocenters. The minimum atomic E-state index is -4.25. The Kier molecular flexibility index (Phi) is 5.08. The van der Waals surface area contributed by atoms with E-state index < -0.39 is 12.7 Å². The van der Waals surface area contributed by atoms with Gasteiger partial charge in [0.2, 0.25) is 0 Å². The number of hydrogen-bond donors (Lipinski definition) is 1. The largest absolute Gasteiger partial charge is 0.406 e. The molecular formula is C16H16Cl2F3N3. The Hall–Kier alpha value is -1.24. The number of benzene rings is 1. The molecule has 0 aliphatic heterocycles. The van der Waals surface area contributed by atoms with E-state index in [9.17, 15) is 13.2 Å². The second-order valence-corrected chi connectivity index (χ2v) is 6.82. The molecule has 3 nitrogen and oxygen atoms in total. The molecule has 3 rings (SSSR count). The van der Waals surface area contributed by atoms with Crippen molar-refractivity contribution >= 4 is 23.2 Å². The molecular weight excluding hydrogens is 362 g/mol. The number of rotatable bonds is 5. The number of halogens is 5. The van der Waals surface area contributed by atoms with Crippen molar-refractivity contribution in [1.82, 2.24) is 14.9 Å². The Balaban J connectivity index is 1.50. The summed E-state index contributed by atoms with van der Waals surface area (Å²) < 4.78 is 38.6. The highest BCUT2D eigenvalue weighted by atomic mass is 35.5. The Labute approximate surface area is 147 Å². The molecule has 0 saturated heterocycles. The molecule has 0 amide bonds. The fourth-order valence-corrected chi connectivity index (χ4v) is 3.21. The van der Waals surface area contributed by atoms with Gasteiger partial charge in [0.1, 0.15) is 12.4 Å². The molecule has 0 atom stereocenters. The number of imidazole rings is 1. The van der Waals surface area contributed by atoms with E-state index in [2.05, 4.69) is 10.3 Å². The van der Waals surface area contributed by atoms with Crippen LogP contribution >= 0.6 is 23.2 Å². The highest BCUT2D eigenvalue weighted by Gasteiger charge is 2.31. The van der Waals surface area contributed by atoms with Gasteiger partial charge in [-0.15, -0.1) is 0 Å². The van der Waals surface area contributed by atoms with Crippen molar-refractivity contribution in [1.29, 1.82) is 0 Å². The van der Waals surface area contributed by atoms with Gasteiger partial charge < -0.3 is 9.88 Å². The van der Waals surface area contributed by atoms with Gasteiger partial charge in [0.05, 0.1) is 16.6 Å². The molecule has 1 aliphatic rings. The molecule has 1 heterocycles. The van der Waals surface area contributed by atoms with Crippen LogP contribution in [0.15, 0.2) is 30.6 Å². The van der Waals surface area contributed by atoms with Crippen LogP contribution in [-0.4, -0.2) is 21.8 Å². The van der Waals surface area contributed by atoms with E-state index in [1.807, 2.05) is 12.1 Å². The fourth-order valence-electron chi connectivity index (χ4n) is 2.90. The summed E-state index contributed by atoms with van der Waals surface area (Å²) in [6.45, 7) is -0.692. The second kappa shape index (κ2) is 6.94. The molecule has 1 aliphatic carbocycles. The van der Waals surface area contributed by atoms with Gasteiger partial charge in [-0.25, -0.2) is 4.98 Å². The van der Waals surface area contributed by atoms with Crippen LogP contribution in [0.4, 0.5) is 13.2 Å². The molecule has 1 aromatic heterocycles. The molecule has 1 aromatic carbocycles. The summed E-state index contributed by atoms with van der Waals surface area (Å²) in [5.41, 5.74) is 1.14. The van der Waals surface area contributed by atoms with Gasteiger partial charge in [-0.2, -0.15) is 13.2 Å². The average Bonchev–Trinajstić information content (AvgIpc) is 2.86. The topological polar surface area (TPSA) is 29.9 Å². The summed E-state index contributed by atoms with van der Waals surface area (Å²) >= 11 is 11.9. The molecule has 8 heteroatoms. The maximum atomic E-state index is 12.5. The van der Waals surface area contributed by atoms with Crippen LogP contribution in [0.3, 0.4) is 0 Å². The van der Waals surface area contributed by atoms with Crippen molar-refractivity contribution in [2.45, 2.75) is 44.1 Å². The van der Waals surface area contributed by atoms with Crippen molar-refractivity contribution in [2.75, 3.05) is 0 Å². The van der Waals surface area contributed by atoms with E-state index in [-0.39, 0.29) is 6.04 Å². The van der Waals surface area contributed by atoms with Crippen LogP contribution in [0.5, 0.6) is 0 Å². The average molecular weight is 378 g/mol. The summed E-state index contributed by atoms with van der Waals surface area (Å²) in [5.74, 6) is 0.789. The molecule has 24 heavy (non-hydrogen) atoms. The smallest absolute Gasteiger partial charge is 0.325 e. The maximum Gasteiger partial charge on any atom is 0.406 e. The van der Waals surface area contributed by atoms with Crippen molar-refractivity contribution < 1.29 is 13.2 Å². The van der Waals surface area contributed by atoms with E-state index in [1.165, 1.54) is 12.4 Å². The van der Waals surface area contributed by atoms with Gasteiger partial charge in [0.25, 0.3) is 0 Å². The number of nitrogens with one attached hydrogen (secondary N) is 1. The van der Waals surface area contributed by atoms with Gasteiger partial charge >= 0.3 is 6.18 Å². The molecule has 0 radical (unpaired) electrons. The zero-order valence-electron chi connectivity index (χ0n) is 12.7. The minimum absolute atomic E-state index is 0.264. The Morgan fingerprint density at radius 2 is 1.96 bits per heavy atom. The first-order chi connectivity index (χ1) is 11.3. The van der Waals surface area contributed by atoms with Crippen LogP contribution < -0.4 is 5.32 Å².